The van der Waals surface area contributed by atoms with Gasteiger partial charge in [0.15, 0.2) is 0 Å². The average molecular weight is 479 g/mol. The summed E-state index contributed by atoms with van der Waals surface area (Å²) in [4.78, 5) is 17.1. The van der Waals surface area contributed by atoms with Crippen molar-refractivity contribution >= 4 is 21.6 Å². The first-order valence-corrected chi connectivity index (χ1v) is 13.2. The lowest BCUT2D eigenvalue weighted by atomic mass is 10.0. The van der Waals surface area contributed by atoms with E-state index in [0.29, 0.717) is 25.2 Å². The van der Waals surface area contributed by atoms with Crippen LogP contribution in [0, 0.1) is 0 Å². The summed E-state index contributed by atoms with van der Waals surface area (Å²) in [5.74, 6) is -0.188. The third-order valence-electron chi connectivity index (χ3n) is 5.95. The van der Waals surface area contributed by atoms with Crippen LogP contribution >= 0.6 is 0 Å². The van der Waals surface area contributed by atoms with E-state index in [2.05, 4.69) is 19.8 Å². The fraction of sp³-hybridized carbons (Fsp3) is 0.269. The monoisotopic (exact) mass is 478 g/mol. The molecular formula is C26H30N4O3S. The summed E-state index contributed by atoms with van der Waals surface area (Å²) in [6, 6.07) is 28.6. The minimum atomic E-state index is -3.51. The molecule has 2 N–H and O–H groups in total. The second-order valence-electron chi connectivity index (χ2n) is 8.46. The van der Waals surface area contributed by atoms with Crippen molar-refractivity contribution < 1.29 is 13.2 Å². The molecule has 0 radical (unpaired) electrons. The fourth-order valence-electron chi connectivity index (χ4n) is 4.37. The summed E-state index contributed by atoms with van der Waals surface area (Å²) >= 11 is 0. The van der Waals surface area contributed by atoms with Crippen LogP contribution < -0.4 is 14.9 Å². The van der Waals surface area contributed by atoms with E-state index in [0.717, 1.165) is 11.3 Å². The number of nitrogens with zero attached hydrogens (tertiary/aromatic N) is 2. The van der Waals surface area contributed by atoms with Gasteiger partial charge in [-0.2, -0.15) is 4.72 Å². The zero-order valence-corrected chi connectivity index (χ0v) is 20.0. The van der Waals surface area contributed by atoms with Crippen molar-refractivity contribution in [3.05, 3.63) is 102 Å². The molecular weight excluding hydrogens is 448 g/mol. The predicted octanol–water partition coefficient (Wildman–Crippen LogP) is 2.68. The summed E-state index contributed by atoms with van der Waals surface area (Å²) in [5, 5.41) is 3.03. The normalized spacial score (nSPS) is 19.0. The molecule has 34 heavy (non-hydrogen) atoms. The largest absolute Gasteiger partial charge is 0.363 e. The molecule has 1 aliphatic rings. The molecule has 2 atom stereocenters. The number of amides is 1. The lowest BCUT2D eigenvalue weighted by Gasteiger charge is -2.48. The Morgan fingerprint density at radius 2 is 1.47 bits per heavy atom. The van der Waals surface area contributed by atoms with Crippen molar-refractivity contribution in [3.63, 3.8) is 0 Å². The van der Waals surface area contributed by atoms with Crippen molar-refractivity contribution in [2.45, 2.75) is 18.8 Å². The molecule has 8 heteroatoms. The van der Waals surface area contributed by atoms with Crippen molar-refractivity contribution in [3.8, 4) is 0 Å². The number of anilines is 1. The molecule has 2 unspecified atom stereocenters. The molecule has 178 valence electrons. The molecule has 0 spiro atoms. The Hall–Kier alpha value is -3.20. The molecule has 0 aromatic heterocycles. The zero-order chi connectivity index (χ0) is 24.0. The smallest absolute Gasteiger partial charge is 0.251 e. The summed E-state index contributed by atoms with van der Waals surface area (Å²) in [5.41, 5.74) is 2.66. The van der Waals surface area contributed by atoms with Crippen molar-refractivity contribution in [1.29, 1.82) is 0 Å². The van der Waals surface area contributed by atoms with E-state index in [1.54, 1.807) is 12.1 Å². The second kappa shape index (κ2) is 10.8. The highest BCUT2D eigenvalue weighted by atomic mass is 32.2. The van der Waals surface area contributed by atoms with Crippen LogP contribution in [0.25, 0.3) is 0 Å². The van der Waals surface area contributed by atoms with Gasteiger partial charge in [0.2, 0.25) is 10.0 Å². The molecule has 1 fully saturated rings. The van der Waals surface area contributed by atoms with Crippen LogP contribution in [-0.4, -0.2) is 57.3 Å². The maximum absolute atomic E-state index is 12.8. The van der Waals surface area contributed by atoms with Gasteiger partial charge in [-0.15, -0.1) is 0 Å². The highest BCUT2D eigenvalue weighted by molar-refractivity contribution is 7.88. The first kappa shape index (κ1) is 23.9. The van der Waals surface area contributed by atoms with Crippen LogP contribution in [0.2, 0.25) is 0 Å². The van der Waals surface area contributed by atoms with Crippen LogP contribution in [0.1, 0.15) is 15.9 Å². The Morgan fingerprint density at radius 1 is 0.882 bits per heavy atom. The van der Waals surface area contributed by atoms with Gasteiger partial charge in [-0.1, -0.05) is 66.7 Å². The number of nitrogens with one attached hydrogen (secondary N) is 2. The molecule has 3 aromatic rings. The summed E-state index contributed by atoms with van der Waals surface area (Å²) in [7, 11) is -3.51. The second-order valence-corrected chi connectivity index (χ2v) is 10.2. The molecule has 7 nitrogen and oxygen atoms in total. The number of sulfonamides is 1. The Balaban J connectivity index is 1.64. The molecule has 1 heterocycles. The van der Waals surface area contributed by atoms with Crippen molar-refractivity contribution in [2.75, 3.05) is 30.8 Å². The number of piperazine rings is 1. The number of hydrogen-bond donors (Lipinski definition) is 2. The third-order valence-corrected chi connectivity index (χ3v) is 6.61. The van der Waals surface area contributed by atoms with Crippen LogP contribution in [-0.2, 0) is 16.6 Å². The van der Waals surface area contributed by atoms with Crippen LogP contribution in [0.4, 0.5) is 5.69 Å². The molecule has 3 aromatic carbocycles. The molecule has 0 bridgehead atoms. The SMILES string of the molecule is CS(=O)(=O)NC1C(CNC(=O)c2ccccc2)N(c2ccccc2)CCN1Cc1ccccc1. The quantitative estimate of drug-likeness (QED) is 0.520. The van der Waals surface area contributed by atoms with Crippen LogP contribution in [0.5, 0.6) is 0 Å². The van der Waals surface area contributed by atoms with Crippen LogP contribution in [0.3, 0.4) is 0 Å². The molecule has 1 saturated heterocycles. The van der Waals surface area contributed by atoms with Gasteiger partial charge in [0.05, 0.1) is 18.5 Å². The number of hydrogen-bond acceptors (Lipinski definition) is 5. The Bertz CT molecular complexity index is 1170. The Kier molecular flexibility index (Phi) is 7.62. The number of carbonyl (C=O) groups is 1. The van der Waals surface area contributed by atoms with Gasteiger partial charge in [-0.3, -0.25) is 9.69 Å². The highest BCUT2D eigenvalue weighted by Gasteiger charge is 2.38. The molecule has 4 rings (SSSR count). The third kappa shape index (κ3) is 6.22. The summed E-state index contributed by atoms with van der Waals surface area (Å²) < 4.78 is 27.7. The van der Waals surface area contributed by atoms with E-state index >= 15 is 0 Å². The van der Waals surface area contributed by atoms with Gasteiger partial charge in [0, 0.05) is 37.4 Å². The Labute approximate surface area is 201 Å². The van der Waals surface area contributed by atoms with E-state index in [1.807, 2.05) is 78.9 Å². The molecule has 1 amide bonds. The number of carbonyl (C=O) groups excluding carboxylic acids is 1. The van der Waals surface area contributed by atoms with E-state index in [-0.39, 0.29) is 18.5 Å². The maximum Gasteiger partial charge on any atom is 0.251 e. The van der Waals surface area contributed by atoms with E-state index in [9.17, 15) is 13.2 Å². The first-order valence-electron chi connectivity index (χ1n) is 11.3. The zero-order valence-electron chi connectivity index (χ0n) is 19.2. The average Bonchev–Trinajstić information content (AvgIpc) is 2.85. The van der Waals surface area contributed by atoms with Gasteiger partial charge in [0.25, 0.3) is 5.91 Å². The van der Waals surface area contributed by atoms with E-state index < -0.39 is 16.2 Å². The van der Waals surface area contributed by atoms with Crippen LogP contribution in [0.15, 0.2) is 91.0 Å². The number of benzene rings is 3. The molecule has 1 aliphatic heterocycles. The summed E-state index contributed by atoms with van der Waals surface area (Å²) in [6.45, 7) is 2.24. The van der Waals surface area contributed by atoms with E-state index in [1.165, 1.54) is 6.26 Å². The van der Waals surface area contributed by atoms with Crippen molar-refractivity contribution in [1.82, 2.24) is 14.9 Å². The first-order chi connectivity index (χ1) is 16.4. The highest BCUT2D eigenvalue weighted by Crippen LogP contribution is 2.25. The number of para-hydroxylation sites is 1. The molecule has 0 saturated carbocycles. The van der Waals surface area contributed by atoms with Gasteiger partial charge in [0.1, 0.15) is 0 Å². The topological polar surface area (TPSA) is 81.8 Å². The van der Waals surface area contributed by atoms with E-state index in [4.69, 9.17) is 0 Å². The maximum atomic E-state index is 12.8. The lowest BCUT2D eigenvalue weighted by molar-refractivity contribution is 0.0915. The lowest BCUT2D eigenvalue weighted by Crippen LogP contribution is -2.68. The van der Waals surface area contributed by atoms with Gasteiger partial charge in [-0.05, 0) is 29.8 Å². The van der Waals surface area contributed by atoms with Gasteiger partial charge < -0.3 is 10.2 Å². The van der Waals surface area contributed by atoms with Crippen molar-refractivity contribution in [2.24, 2.45) is 0 Å². The minimum Gasteiger partial charge on any atom is -0.363 e. The van der Waals surface area contributed by atoms with Gasteiger partial charge >= 0.3 is 0 Å². The van der Waals surface area contributed by atoms with Gasteiger partial charge in [-0.25, -0.2) is 8.42 Å². The minimum absolute atomic E-state index is 0.188. The fourth-order valence-corrected chi connectivity index (χ4v) is 5.12. The predicted molar refractivity (Wildman–Crippen MR) is 135 cm³/mol. The number of rotatable bonds is 8. The standard InChI is InChI=1S/C26H30N4O3S/c1-34(32,33)28-25-24(19-27-26(31)22-13-7-3-8-14-22)30(23-15-9-4-10-16-23)18-17-29(25)20-21-11-5-2-6-12-21/h2-16,24-25,28H,17-20H2,1H3,(H,27,31). The summed E-state index contributed by atoms with van der Waals surface area (Å²) in [6.07, 6.45) is 0.648. The Morgan fingerprint density at radius 3 is 2.09 bits per heavy atom. The molecule has 0 aliphatic carbocycles.